The average molecular weight is 348 g/mol. The maximum atomic E-state index is 12.0. The Hall–Kier alpha value is -2.61. The summed E-state index contributed by atoms with van der Waals surface area (Å²) in [5, 5.41) is 5.37. The van der Waals surface area contributed by atoms with E-state index >= 15 is 0 Å². The number of hydrogen-bond donors (Lipinski definition) is 3. The highest BCUT2D eigenvalue weighted by molar-refractivity contribution is 6.06. The van der Waals surface area contributed by atoms with Crippen molar-refractivity contribution in [3.63, 3.8) is 0 Å². The Morgan fingerprint density at radius 2 is 1.96 bits per heavy atom. The minimum absolute atomic E-state index is 0.179. The molecule has 0 atom stereocenters. The third-order valence-electron chi connectivity index (χ3n) is 3.75. The van der Waals surface area contributed by atoms with Gasteiger partial charge in [-0.2, -0.15) is 0 Å². The van der Waals surface area contributed by atoms with Gasteiger partial charge in [0.15, 0.2) is 0 Å². The van der Waals surface area contributed by atoms with E-state index in [9.17, 15) is 14.4 Å². The Morgan fingerprint density at radius 1 is 1.28 bits per heavy atom. The minimum atomic E-state index is -0.882. The monoisotopic (exact) mass is 348 g/mol. The van der Waals surface area contributed by atoms with E-state index in [2.05, 4.69) is 10.6 Å². The number of nitrogens with two attached hydrogens (primary N) is 1. The summed E-state index contributed by atoms with van der Waals surface area (Å²) >= 11 is 0. The molecule has 0 saturated carbocycles. The number of anilines is 1. The molecule has 1 aromatic rings. The first-order chi connectivity index (χ1) is 11.8. The van der Waals surface area contributed by atoms with Gasteiger partial charge in [-0.05, 0) is 44.5 Å². The molecule has 1 aliphatic heterocycles. The number of hydrogen-bond acceptors (Lipinski definition) is 5. The van der Waals surface area contributed by atoms with Gasteiger partial charge >= 0.3 is 6.03 Å². The fourth-order valence-corrected chi connectivity index (χ4v) is 2.45. The van der Waals surface area contributed by atoms with Crippen molar-refractivity contribution in [1.29, 1.82) is 0 Å². The fourth-order valence-electron chi connectivity index (χ4n) is 2.45. The van der Waals surface area contributed by atoms with Crippen LogP contribution >= 0.6 is 0 Å². The Balaban J connectivity index is 1.76. The predicted molar refractivity (Wildman–Crippen MR) is 93.2 cm³/mol. The van der Waals surface area contributed by atoms with Gasteiger partial charge in [-0.1, -0.05) is 0 Å². The highest BCUT2D eigenvalue weighted by atomic mass is 16.5. The molecule has 1 saturated heterocycles. The van der Waals surface area contributed by atoms with Gasteiger partial charge in [0.25, 0.3) is 5.91 Å². The molecular weight excluding hydrogens is 324 g/mol. The van der Waals surface area contributed by atoms with Crippen LogP contribution in [0, 0.1) is 0 Å². The van der Waals surface area contributed by atoms with E-state index < -0.39 is 11.6 Å². The van der Waals surface area contributed by atoms with E-state index in [0.717, 1.165) is 4.90 Å². The van der Waals surface area contributed by atoms with E-state index in [1.54, 1.807) is 38.1 Å². The second-order valence-corrected chi connectivity index (χ2v) is 6.33. The number of carbonyl (C=O) groups is 3. The smallest absolute Gasteiger partial charge is 0.325 e. The summed E-state index contributed by atoms with van der Waals surface area (Å²) < 4.78 is 5.36. The SMILES string of the molecule is CC1(C)NC(=O)N(CCCC(=O)Nc2ccc(OCCN)cc2)C1=O. The molecule has 0 spiro atoms. The number of nitrogens with zero attached hydrogens (tertiary/aromatic N) is 1. The van der Waals surface area contributed by atoms with E-state index in [1.165, 1.54) is 0 Å². The Kier molecular flexibility index (Phi) is 5.97. The van der Waals surface area contributed by atoms with Gasteiger partial charge in [0.1, 0.15) is 17.9 Å². The molecule has 136 valence electrons. The maximum Gasteiger partial charge on any atom is 0.325 e. The van der Waals surface area contributed by atoms with Crippen molar-refractivity contribution >= 4 is 23.5 Å². The molecule has 0 radical (unpaired) electrons. The normalized spacial score (nSPS) is 15.9. The molecule has 4 amide bonds. The van der Waals surface area contributed by atoms with Crippen LogP contribution in [0.15, 0.2) is 24.3 Å². The van der Waals surface area contributed by atoms with E-state index in [-0.39, 0.29) is 24.8 Å². The van der Waals surface area contributed by atoms with Crippen LogP contribution in [0.5, 0.6) is 5.75 Å². The van der Waals surface area contributed by atoms with Crippen molar-refractivity contribution in [2.75, 3.05) is 25.0 Å². The summed E-state index contributed by atoms with van der Waals surface area (Å²) in [7, 11) is 0. The second kappa shape index (κ2) is 7.98. The zero-order valence-electron chi connectivity index (χ0n) is 14.5. The number of carbonyl (C=O) groups excluding carboxylic acids is 3. The van der Waals surface area contributed by atoms with Crippen LogP contribution < -0.4 is 21.1 Å². The van der Waals surface area contributed by atoms with Crippen molar-refractivity contribution in [3.8, 4) is 5.75 Å². The average Bonchev–Trinajstić information content (AvgIpc) is 2.75. The topological polar surface area (TPSA) is 114 Å². The van der Waals surface area contributed by atoms with Crippen molar-refractivity contribution in [2.24, 2.45) is 5.73 Å². The molecule has 0 aromatic heterocycles. The molecule has 8 nitrogen and oxygen atoms in total. The van der Waals surface area contributed by atoms with Gasteiger partial charge in [-0.25, -0.2) is 4.79 Å². The molecule has 0 aliphatic carbocycles. The molecular formula is C17H24N4O4. The zero-order valence-corrected chi connectivity index (χ0v) is 14.5. The lowest BCUT2D eigenvalue weighted by molar-refractivity contribution is -0.130. The number of nitrogens with one attached hydrogen (secondary N) is 2. The van der Waals surface area contributed by atoms with Crippen LogP contribution in [-0.2, 0) is 9.59 Å². The summed E-state index contributed by atoms with van der Waals surface area (Å²) in [6.07, 6.45) is 0.613. The number of amides is 4. The Labute approximate surface area is 146 Å². The summed E-state index contributed by atoms with van der Waals surface area (Å²) in [5.41, 5.74) is 5.14. The van der Waals surface area contributed by atoms with Gasteiger partial charge in [0.05, 0.1) is 0 Å². The standard InChI is InChI=1S/C17H24N4O4/c1-17(2)15(23)21(16(24)20-17)10-3-4-14(22)19-12-5-7-13(8-6-12)25-11-9-18/h5-8H,3-4,9-11,18H2,1-2H3,(H,19,22)(H,20,24). The molecule has 0 bridgehead atoms. The minimum Gasteiger partial charge on any atom is -0.492 e. The van der Waals surface area contributed by atoms with Crippen LogP contribution in [0.1, 0.15) is 26.7 Å². The number of ether oxygens (including phenoxy) is 1. The summed E-state index contributed by atoms with van der Waals surface area (Å²) in [6, 6.07) is 6.57. The summed E-state index contributed by atoms with van der Waals surface area (Å²) in [6.45, 7) is 4.40. The molecule has 0 unspecified atom stereocenters. The first kappa shape index (κ1) is 18.7. The molecule has 2 rings (SSSR count). The lowest BCUT2D eigenvalue weighted by atomic mass is 10.1. The molecule has 1 aromatic carbocycles. The predicted octanol–water partition coefficient (Wildman–Crippen LogP) is 1.07. The molecule has 1 aliphatic rings. The van der Waals surface area contributed by atoms with Gasteiger partial charge in [0.2, 0.25) is 5.91 Å². The first-order valence-corrected chi connectivity index (χ1v) is 8.20. The van der Waals surface area contributed by atoms with Crippen molar-refractivity contribution in [1.82, 2.24) is 10.2 Å². The summed E-state index contributed by atoms with van der Waals surface area (Å²) in [5.74, 6) is 0.234. The van der Waals surface area contributed by atoms with Crippen molar-refractivity contribution < 1.29 is 19.1 Å². The molecule has 1 heterocycles. The molecule has 8 heteroatoms. The number of urea groups is 1. The molecule has 1 fully saturated rings. The Morgan fingerprint density at radius 3 is 2.52 bits per heavy atom. The number of imide groups is 1. The quantitative estimate of drug-likeness (QED) is 0.608. The van der Waals surface area contributed by atoms with Crippen LogP contribution in [0.3, 0.4) is 0 Å². The van der Waals surface area contributed by atoms with Crippen LogP contribution in [0.4, 0.5) is 10.5 Å². The third-order valence-corrected chi connectivity index (χ3v) is 3.75. The van der Waals surface area contributed by atoms with E-state index in [0.29, 0.717) is 31.0 Å². The Bertz CT molecular complexity index is 643. The first-order valence-electron chi connectivity index (χ1n) is 8.20. The largest absolute Gasteiger partial charge is 0.492 e. The van der Waals surface area contributed by atoms with Gasteiger partial charge in [0, 0.05) is 25.2 Å². The maximum absolute atomic E-state index is 12.0. The molecule has 25 heavy (non-hydrogen) atoms. The second-order valence-electron chi connectivity index (χ2n) is 6.33. The van der Waals surface area contributed by atoms with E-state index in [4.69, 9.17) is 10.5 Å². The van der Waals surface area contributed by atoms with Gasteiger partial charge < -0.3 is 21.1 Å². The van der Waals surface area contributed by atoms with Crippen LogP contribution in [0.25, 0.3) is 0 Å². The van der Waals surface area contributed by atoms with Gasteiger partial charge in [-0.15, -0.1) is 0 Å². The van der Waals surface area contributed by atoms with Crippen LogP contribution in [-0.4, -0.2) is 48.0 Å². The number of rotatable bonds is 8. The fraction of sp³-hybridized carbons (Fsp3) is 0.471. The van der Waals surface area contributed by atoms with Crippen molar-refractivity contribution in [3.05, 3.63) is 24.3 Å². The lowest BCUT2D eigenvalue weighted by Crippen LogP contribution is -2.40. The molecule has 4 N–H and O–H groups in total. The third kappa shape index (κ3) is 4.93. The van der Waals surface area contributed by atoms with Crippen LogP contribution in [0.2, 0.25) is 0 Å². The zero-order chi connectivity index (χ0) is 18.4. The highest BCUT2D eigenvalue weighted by Crippen LogP contribution is 2.18. The lowest BCUT2D eigenvalue weighted by Gasteiger charge is -2.15. The number of benzene rings is 1. The van der Waals surface area contributed by atoms with Crippen molar-refractivity contribution in [2.45, 2.75) is 32.2 Å². The van der Waals surface area contributed by atoms with E-state index in [1.807, 2.05) is 0 Å². The highest BCUT2D eigenvalue weighted by Gasteiger charge is 2.43. The summed E-state index contributed by atoms with van der Waals surface area (Å²) in [4.78, 5) is 36.9. The van der Waals surface area contributed by atoms with Gasteiger partial charge in [-0.3, -0.25) is 14.5 Å².